The van der Waals surface area contributed by atoms with E-state index in [1.54, 1.807) is 18.3 Å². The van der Waals surface area contributed by atoms with Crippen LogP contribution in [0.1, 0.15) is 12.0 Å². The number of rotatable bonds is 4. The second kappa shape index (κ2) is 7.64. The Labute approximate surface area is 185 Å². The predicted molar refractivity (Wildman–Crippen MR) is 124 cm³/mol. The molecule has 0 aliphatic carbocycles. The normalized spacial score (nSPS) is 17.4. The lowest BCUT2D eigenvalue weighted by atomic mass is 10.1. The summed E-state index contributed by atoms with van der Waals surface area (Å²) in [6.45, 7) is 1.63. The Kier molecular flexibility index (Phi) is 4.92. The number of carbonyl (C=O) groups is 1. The van der Waals surface area contributed by atoms with Gasteiger partial charge in [0, 0.05) is 46.0 Å². The molecule has 0 bridgehead atoms. The summed E-state index contributed by atoms with van der Waals surface area (Å²) in [4.78, 5) is 22.0. The van der Waals surface area contributed by atoms with Crippen molar-refractivity contribution in [1.29, 1.82) is 0 Å². The number of anilines is 3. The van der Waals surface area contributed by atoms with Crippen molar-refractivity contribution in [2.45, 2.75) is 17.7 Å². The van der Waals surface area contributed by atoms with E-state index in [-0.39, 0.29) is 12.3 Å². The van der Waals surface area contributed by atoms with Gasteiger partial charge in [-0.3, -0.25) is 4.79 Å². The van der Waals surface area contributed by atoms with Crippen LogP contribution in [0.15, 0.2) is 53.6 Å². The molecule has 2 N–H and O–H groups in total. The number of carbonyl (C=O) groups excluding carboxylic acids is 1. The minimum atomic E-state index is -2.43. The molecule has 1 unspecified atom stereocenters. The van der Waals surface area contributed by atoms with Crippen molar-refractivity contribution < 1.29 is 9.00 Å². The van der Waals surface area contributed by atoms with Crippen molar-refractivity contribution in [2.75, 3.05) is 23.7 Å². The highest BCUT2D eigenvalue weighted by molar-refractivity contribution is 7.98. The van der Waals surface area contributed by atoms with Crippen LogP contribution < -0.4 is 10.6 Å². The molecule has 1 saturated heterocycles. The fraction of sp³-hybridized carbons (Fsp3) is 0.182. The van der Waals surface area contributed by atoms with Gasteiger partial charge < -0.3 is 10.6 Å². The number of nitrogens with one attached hydrogen (secondary N) is 2. The summed E-state index contributed by atoms with van der Waals surface area (Å²) in [5.41, 5.74) is 3.60. The van der Waals surface area contributed by atoms with E-state index in [4.69, 9.17) is 11.6 Å². The molecule has 9 heteroatoms. The first-order valence-corrected chi connectivity index (χ1v) is 11.9. The SMILES string of the molecule is C=S(=O)(c1ccc(Nc2ncc3c(n2)-c2ccc(Cl)cc2NC(=O)C3)cc1)N1CCC1. The third kappa shape index (κ3) is 3.78. The Balaban J connectivity index is 1.44. The molecule has 0 saturated carbocycles. The maximum Gasteiger partial charge on any atom is 0.228 e. The highest BCUT2D eigenvalue weighted by atomic mass is 35.5. The molecule has 2 aromatic carbocycles. The minimum absolute atomic E-state index is 0.138. The van der Waals surface area contributed by atoms with Crippen LogP contribution in [0.2, 0.25) is 5.02 Å². The fourth-order valence-electron chi connectivity index (χ4n) is 3.63. The Morgan fingerprint density at radius 3 is 2.65 bits per heavy atom. The Morgan fingerprint density at radius 2 is 1.94 bits per heavy atom. The highest BCUT2D eigenvalue weighted by Crippen LogP contribution is 2.35. The molecule has 3 heterocycles. The standard InChI is InChI=1S/C22H20ClN5O2S/c1-31(30,28-9-2-10-28)17-6-4-16(5-7-17)25-22-24-13-14-11-20(29)26-19-12-15(23)3-8-18(19)21(14)27-22/h3-8,12-13H,1-2,9-11H2,(H,26,29)(H,24,25,27). The number of aromatic nitrogens is 2. The van der Waals surface area contributed by atoms with E-state index in [0.717, 1.165) is 36.3 Å². The largest absolute Gasteiger partial charge is 0.325 e. The number of nitrogens with zero attached hydrogens (tertiary/aromatic N) is 3. The highest BCUT2D eigenvalue weighted by Gasteiger charge is 2.24. The Hall–Kier alpha value is -2.94. The van der Waals surface area contributed by atoms with E-state index in [1.165, 1.54) is 0 Å². The molecule has 7 nitrogen and oxygen atoms in total. The van der Waals surface area contributed by atoms with E-state index >= 15 is 0 Å². The van der Waals surface area contributed by atoms with Gasteiger partial charge >= 0.3 is 0 Å². The smallest absolute Gasteiger partial charge is 0.228 e. The predicted octanol–water partition coefficient (Wildman–Crippen LogP) is 3.73. The third-order valence-corrected chi connectivity index (χ3v) is 7.88. The molecule has 0 spiro atoms. The average Bonchev–Trinajstić information content (AvgIpc) is 2.81. The maximum absolute atomic E-state index is 12.9. The molecule has 1 aromatic heterocycles. The van der Waals surface area contributed by atoms with E-state index in [9.17, 15) is 9.00 Å². The quantitative estimate of drug-likeness (QED) is 0.588. The summed E-state index contributed by atoms with van der Waals surface area (Å²) in [5, 5.41) is 6.59. The minimum Gasteiger partial charge on any atom is -0.325 e. The Morgan fingerprint density at radius 1 is 1.16 bits per heavy atom. The van der Waals surface area contributed by atoms with Gasteiger partial charge in [0.05, 0.1) is 27.5 Å². The summed E-state index contributed by atoms with van der Waals surface area (Å²) in [5.74, 6) is 4.20. The first-order valence-electron chi connectivity index (χ1n) is 9.85. The number of halogens is 1. The summed E-state index contributed by atoms with van der Waals surface area (Å²) in [7, 11) is -2.43. The molecule has 0 radical (unpaired) electrons. The van der Waals surface area contributed by atoms with E-state index < -0.39 is 9.71 Å². The van der Waals surface area contributed by atoms with Gasteiger partial charge in [-0.05, 0) is 54.8 Å². The second-order valence-corrected chi connectivity index (χ2v) is 10.3. The van der Waals surface area contributed by atoms with Crippen molar-refractivity contribution >= 4 is 50.4 Å². The van der Waals surface area contributed by atoms with Crippen molar-refractivity contribution in [3.05, 3.63) is 59.2 Å². The number of fused-ring (bicyclic) bond motifs is 3. The van der Waals surface area contributed by atoms with Gasteiger partial charge in [0.25, 0.3) is 0 Å². The van der Waals surface area contributed by atoms with Crippen LogP contribution in [-0.2, 0) is 20.9 Å². The van der Waals surface area contributed by atoms with Gasteiger partial charge in [0.15, 0.2) is 0 Å². The van der Waals surface area contributed by atoms with Crippen LogP contribution in [0.25, 0.3) is 11.3 Å². The monoisotopic (exact) mass is 453 g/mol. The molecular formula is C22H20ClN5O2S. The van der Waals surface area contributed by atoms with Crippen LogP contribution in [0.3, 0.4) is 0 Å². The Bertz CT molecular complexity index is 1290. The van der Waals surface area contributed by atoms with Gasteiger partial charge in [0.2, 0.25) is 11.9 Å². The zero-order valence-electron chi connectivity index (χ0n) is 16.6. The molecule has 31 heavy (non-hydrogen) atoms. The van der Waals surface area contributed by atoms with E-state index in [1.807, 2.05) is 34.6 Å². The van der Waals surface area contributed by atoms with Crippen molar-refractivity contribution in [3.8, 4) is 11.3 Å². The molecule has 1 amide bonds. The first-order chi connectivity index (χ1) is 14.9. The summed E-state index contributed by atoms with van der Waals surface area (Å²) in [6, 6.07) is 12.6. The second-order valence-electron chi connectivity index (χ2n) is 7.55. The molecule has 5 rings (SSSR count). The number of benzene rings is 2. The van der Waals surface area contributed by atoms with Gasteiger partial charge in [-0.1, -0.05) is 11.6 Å². The lowest BCUT2D eigenvalue weighted by Gasteiger charge is -2.33. The number of amides is 1. The van der Waals surface area contributed by atoms with Crippen molar-refractivity contribution in [3.63, 3.8) is 0 Å². The van der Waals surface area contributed by atoms with Gasteiger partial charge in [0.1, 0.15) is 0 Å². The zero-order chi connectivity index (χ0) is 21.6. The molecule has 2 aliphatic heterocycles. The van der Waals surface area contributed by atoms with Crippen LogP contribution in [0.5, 0.6) is 0 Å². The van der Waals surface area contributed by atoms with Gasteiger partial charge in [-0.15, -0.1) is 0 Å². The summed E-state index contributed by atoms with van der Waals surface area (Å²) >= 11 is 6.10. The molecule has 1 fully saturated rings. The maximum atomic E-state index is 12.9. The lowest BCUT2D eigenvalue weighted by Crippen LogP contribution is -2.41. The van der Waals surface area contributed by atoms with Crippen LogP contribution in [0.4, 0.5) is 17.3 Å². The summed E-state index contributed by atoms with van der Waals surface area (Å²) < 4.78 is 14.8. The topological polar surface area (TPSA) is 87.2 Å². The molecule has 2 aliphatic rings. The fourth-order valence-corrected chi connectivity index (χ4v) is 5.51. The van der Waals surface area contributed by atoms with Crippen molar-refractivity contribution in [1.82, 2.24) is 14.3 Å². The lowest BCUT2D eigenvalue weighted by molar-refractivity contribution is -0.115. The van der Waals surface area contributed by atoms with E-state index in [2.05, 4.69) is 26.5 Å². The number of hydrogen-bond acceptors (Lipinski definition) is 5. The van der Waals surface area contributed by atoms with Crippen LogP contribution >= 0.6 is 11.6 Å². The molecule has 1 atom stereocenters. The summed E-state index contributed by atoms with van der Waals surface area (Å²) in [6.07, 6.45) is 2.90. The zero-order valence-corrected chi connectivity index (χ0v) is 18.2. The van der Waals surface area contributed by atoms with Crippen molar-refractivity contribution in [2.24, 2.45) is 0 Å². The van der Waals surface area contributed by atoms with Gasteiger partial charge in [-0.25, -0.2) is 18.5 Å². The van der Waals surface area contributed by atoms with Crippen LogP contribution in [-0.4, -0.2) is 43.3 Å². The number of hydrogen-bond donors (Lipinski definition) is 2. The van der Waals surface area contributed by atoms with Gasteiger partial charge in [-0.2, -0.15) is 0 Å². The molecule has 158 valence electrons. The average molecular weight is 454 g/mol. The molecular weight excluding hydrogens is 434 g/mol. The first kappa shape index (κ1) is 20.0. The molecule has 3 aromatic rings. The third-order valence-electron chi connectivity index (χ3n) is 5.44. The van der Waals surface area contributed by atoms with Crippen LogP contribution in [0, 0.1) is 0 Å². The van der Waals surface area contributed by atoms with E-state index in [0.29, 0.717) is 27.2 Å².